The molecule has 0 fully saturated rings. The third kappa shape index (κ3) is 2.46. The molecule has 0 saturated heterocycles. The van der Waals surface area contributed by atoms with Crippen LogP contribution in [-0.4, -0.2) is 33.7 Å². The number of rotatable bonds is 3. The Morgan fingerprint density at radius 3 is 2.57 bits per heavy atom. The molecule has 2 aromatic rings. The molecule has 0 radical (unpaired) electrons. The van der Waals surface area contributed by atoms with E-state index in [1.165, 1.54) is 12.4 Å². The van der Waals surface area contributed by atoms with Gasteiger partial charge >= 0.3 is 5.97 Å². The van der Waals surface area contributed by atoms with Crippen molar-refractivity contribution in [3.05, 3.63) is 42.0 Å². The molecule has 1 aromatic heterocycles. The van der Waals surface area contributed by atoms with Gasteiger partial charge in [0.25, 0.3) is 5.91 Å². The molecule has 0 aliphatic carbocycles. The van der Waals surface area contributed by atoms with Gasteiger partial charge in [-0.15, -0.1) is 0 Å². The molecule has 2 heterocycles. The molecule has 0 bridgehead atoms. The number of anilines is 1. The third-order valence-electron chi connectivity index (χ3n) is 2.75. The molecule has 8 heteroatoms. The second-order valence-corrected chi connectivity index (χ2v) is 4.08. The Kier molecular flexibility index (Phi) is 3.11. The lowest BCUT2D eigenvalue weighted by molar-refractivity contribution is 0.0685. The smallest absolute Gasteiger partial charge is 0.356 e. The first kappa shape index (κ1) is 12.9. The number of carboxylic acids is 1. The highest BCUT2D eigenvalue weighted by Crippen LogP contribution is 2.34. The fourth-order valence-electron chi connectivity index (χ4n) is 1.83. The van der Waals surface area contributed by atoms with Crippen molar-refractivity contribution >= 4 is 17.6 Å². The maximum absolute atomic E-state index is 12.1. The van der Waals surface area contributed by atoms with E-state index in [9.17, 15) is 9.59 Å². The first-order valence-corrected chi connectivity index (χ1v) is 5.90. The summed E-state index contributed by atoms with van der Waals surface area (Å²) in [5.41, 5.74) is -0.232. The van der Waals surface area contributed by atoms with E-state index < -0.39 is 17.6 Å². The highest BCUT2D eigenvalue weighted by molar-refractivity contribution is 6.08. The lowest BCUT2D eigenvalue weighted by Crippen LogP contribution is -2.19. The highest BCUT2D eigenvalue weighted by Gasteiger charge is 2.20. The Hall–Kier alpha value is -3.16. The van der Waals surface area contributed by atoms with Gasteiger partial charge in [0.05, 0.1) is 0 Å². The monoisotopic (exact) mass is 287 g/mol. The Labute approximate surface area is 118 Å². The maximum atomic E-state index is 12.1. The predicted octanol–water partition coefficient (Wildman–Crippen LogP) is 1.16. The maximum Gasteiger partial charge on any atom is 0.356 e. The lowest BCUT2D eigenvalue weighted by Gasteiger charge is -2.06. The molecule has 1 aliphatic heterocycles. The van der Waals surface area contributed by atoms with Crippen LogP contribution in [0.3, 0.4) is 0 Å². The predicted molar refractivity (Wildman–Crippen MR) is 69.5 cm³/mol. The molecule has 0 atom stereocenters. The number of fused-ring (bicyclic) bond motifs is 1. The SMILES string of the molecule is O=C(O)c1nccnc1C(=O)Nc1ccc2c(c1)OCO2. The standard InChI is InChI=1S/C13H9N3O5/c17-12(10-11(13(18)19)15-4-3-14-10)16-7-1-2-8-9(5-7)21-6-20-8/h1-5H,6H2,(H,16,17)(H,18,19). The van der Waals surface area contributed by atoms with Gasteiger partial charge in [-0.3, -0.25) is 4.79 Å². The van der Waals surface area contributed by atoms with Crippen LogP contribution in [0.4, 0.5) is 5.69 Å². The van der Waals surface area contributed by atoms with E-state index in [2.05, 4.69) is 15.3 Å². The first-order chi connectivity index (χ1) is 10.1. The molecule has 0 unspecified atom stereocenters. The van der Waals surface area contributed by atoms with Gasteiger partial charge in [-0.25, -0.2) is 14.8 Å². The number of carbonyl (C=O) groups is 2. The van der Waals surface area contributed by atoms with Gasteiger partial charge in [-0.1, -0.05) is 0 Å². The van der Waals surface area contributed by atoms with Crippen molar-refractivity contribution in [3.63, 3.8) is 0 Å². The van der Waals surface area contributed by atoms with Gasteiger partial charge in [-0.05, 0) is 12.1 Å². The molecular formula is C13H9N3O5. The van der Waals surface area contributed by atoms with Crippen molar-refractivity contribution in [2.45, 2.75) is 0 Å². The summed E-state index contributed by atoms with van der Waals surface area (Å²) in [6, 6.07) is 4.84. The number of hydrogen-bond donors (Lipinski definition) is 2. The zero-order chi connectivity index (χ0) is 14.8. The largest absolute Gasteiger partial charge is 0.476 e. The number of nitrogens with zero attached hydrogens (tertiary/aromatic N) is 2. The number of ether oxygens (including phenoxy) is 2. The second-order valence-electron chi connectivity index (χ2n) is 4.08. The number of carbonyl (C=O) groups excluding carboxylic acids is 1. The van der Waals surface area contributed by atoms with Gasteiger partial charge in [0, 0.05) is 24.1 Å². The van der Waals surface area contributed by atoms with Crippen molar-refractivity contribution in [2.75, 3.05) is 12.1 Å². The molecule has 8 nitrogen and oxygen atoms in total. The van der Waals surface area contributed by atoms with Crippen LogP contribution in [0.15, 0.2) is 30.6 Å². The van der Waals surface area contributed by atoms with Crippen LogP contribution in [0.2, 0.25) is 0 Å². The molecular weight excluding hydrogens is 278 g/mol. The van der Waals surface area contributed by atoms with Gasteiger partial charge < -0.3 is 19.9 Å². The number of nitrogens with one attached hydrogen (secondary N) is 1. The molecule has 1 aliphatic rings. The van der Waals surface area contributed by atoms with Gasteiger partial charge in [-0.2, -0.15) is 0 Å². The first-order valence-electron chi connectivity index (χ1n) is 5.90. The fourth-order valence-corrected chi connectivity index (χ4v) is 1.83. The van der Waals surface area contributed by atoms with Gasteiger partial charge in [0.15, 0.2) is 22.9 Å². The molecule has 3 rings (SSSR count). The zero-order valence-electron chi connectivity index (χ0n) is 10.6. The number of hydrogen-bond acceptors (Lipinski definition) is 6. The number of benzene rings is 1. The minimum absolute atomic E-state index is 0.125. The minimum Gasteiger partial charge on any atom is -0.476 e. The van der Waals surface area contributed by atoms with E-state index in [0.29, 0.717) is 17.2 Å². The van der Waals surface area contributed by atoms with E-state index in [1.807, 2.05) is 0 Å². The Bertz CT molecular complexity index is 731. The van der Waals surface area contributed by atoms with Crippen molar-refractivity contribution < 1.29 is 24.2 Å². The summed E-state index contributed by atoms with van der Waals surface area (Å²) in [4.78, 5) is 30.5. The molecule has 0 spiro atoms. The van der Waals surface area contributed by atoms with E-state index in [4.69, 9.17) is 14.6 Å². The van der Waals surface area contributed by atoms with Crippen LogP contribution in [0.1, 0.15) is 21.0 Å². The highest BCUT2D eigenvalue weighted by atomic mass is 16.7. The van der Waals surface area contributed by atoms with Crippen LogP contribution in [0.25, 0.3) is 0 Å². The summed E-state index contributed by atoms with van der Waals surface area (Å²) in [7, 11) is 0. The molecule has 1 aromatic carbocycles. The average Bonchev–Trinajstić information content (AvgIpc) is 2.94. The van der Waals surface area contributed by atoms with Crippen molar-refractivity contribution in [3.8, 4) is 11.5 Å². The zero-order valence-corrected chi connectivity index (χ0v) is 10.6. The number of aromatic carboxylic acids is 1. The minimum atomic E-state index is -1.32. The van der Waals surface area contributed by atoms with Gasteiger partial charge in [0.1, 0.15) is 0 Å². The van der Waals surface area contributed by atoms with Crippen LogP contribution >= 0.6 is 0 Å². The second kappa shape index (κ2) is 5.08. The van der Waals surface area contributed by atoms with E-state index in [-0.39, 0.29) is 12.5 Å². The van der Waals surface area contributed by atoms with Crippen LogP contribution in [-0.2, 0) is 0 Å². The third-order valence-corrected chi connectivity index (χ3v) is 2.75. The summed E-state index contributed by atoms with van der Waals surface area (Å²) in [6.07, 6.45) is 2.46. The van der Waals surface area contributed by atoms with E-state index in [0.717, 1.165) is 0 Å². The molecule has 21 heavy (non-hydrogen) atoms. The molecule has 1 amide bonds. The Morgan fingerprint density at radius 1 is 1.10 bits per heavy atom. The Morgan fingerprint density at radius 2 is 1.81 bits per heavy atom. The van der Waals surface area contributed by atoms with Crippen molar-refractivity contribution in [1.82, 2.24) is 9.97 Å². The van der Waals surface area contributed by atoms with E-state index >= 15 is 0 Å². The summed E-state index contributed by atoms with van der Waals surface area (Å²) < 4.78 is 10.4. The topological polar surface area (TPSA) is 111 Å². The summed E-state index contributed by atoms with van der Waals surface area (Å²) in [6.45, 7) is 0.125. The average molecular weight is 287 g/mol. The van der Waals surface area contributed by atoms with Crippen molar-refractivity contribution in [2.24, 2.45) is 0 Å². The van der Waals surface area contributed by atoms with Crippen LogP contribution < -0.4 is 14.8 Å². The van der Waals surface area contributed by atoms with E-state index in [1.54, 1.807) is 18.2 Å². The summed E-state index contributed by atoms with van der Waals surface area (Å²) in [5, 5.41) is 11.5. The van der Waals surface area contributed by atoms with Crippen molar-refractivity contribution in [1.29, 1.82) is 0 Å². The summed E-state index contributed by atoms with van der Waals surface area (Å²) in [5.74, 6) is -0.901. The van der Waals surface area contributed by atoms with Crippen LogP contribution in [0, 0.1) is 0 Å². The number of amides is 1. The lowest BCUT2D eigenvalue weighted by atomic mass is 10.2. The normalized spacial score (nSPS) is 12.0. The van der Waals surface area contributed by atoms with Gasteiger partial charge in [0.2, 0.25) is 6.79 Å². The number of carboxylic acid groups (broad SMARTS) is 1. The summed E-state index contributed by atoms with van der Waals surface area (Å²) >= 11 is 0. The molecule has 2 N–H and O–H groups in total. The Balaban J connectivity index is 1.85. The molecule has 0 saturated carbocycles. The fraction of sp³-hybridized carbons (Fsp3) is 0.0769. The quantitative estimate of drug-likeness (QED) is 0.871. The molecule has 106 valence electrons. The van der Waals surface area contributed by atoms with Crippen LogP contribution in [0.5, 0.6) is 11.5 Å². The number of aromatic nitrogens is 2.